The summed E-state index contributed by atoms with van der Waals surface area (Å²) in [6, 6.07) is 10.4. The summed E-state index contributed by atoms with van der Waals surface area (Å²) in [6.45, 7) is 1.37. The van der Waals surface area contributed by atoms with Gasteiger partial charge in [0.15, 0.2) is 0 Å². The Kier molecular flexibility index (Phi) is 5.11. The Labute approximate surface area is 131 Å². The topological polar surface area (TPSA) is 58.6 Å². The molecule has 1 aromatic rings. The van der Waals surface area contributed by atoms with Crippen LogP contribution in [-0.2, 0) is 16.0 Å². The van der Waals surface area contributed by atoms with Gasteiger partial charge in [-0.3, -0.25) is 4.79 Å². The van der Waals surface area contributed by atoms with Crippen molar-refractivity contribution in [1.82, 2.24) is 5.32 Å². The fourth-order valence-electron chi connectivity index (χ4n) is 3.42. The Morgan fingerprint density at radius 3 is 2.55 bits per heavy atom. The summed E-state index contributed by atoms with van der Waals surface area (Å²) in [4.78, 5) is 12.5. The lowest BCUT2D eigenvalue weighted by molar-refractivity contribution is -0.129. The van der Waals surface area contributed by atoms with Gasteiger partial charge in [0.25, 0.3) is 0 Å². The monoisotopic (exact) mass is 303 g/mol. The van der Waals surface area contributed by atoms with E-state index >= 15 is 0 Å². The van der Waals surface area contributed by atoms with E-state index in [9.17, 15) is 9.90 Å². The summed E-state index contributed by atoms with van der Waals surface area (Å²) in [5.41, 5.74) is 1.24. The second-order valence-electron chi connectivity index (χ2n) is 6.58. The van der Waals surface area contributed by atoms with Crippen molar-refractivity contribution in [2.45, 2.75) is 44.2 Å². The Morgan fingerprint density at radius 2 is 1.91 bits per heavy atom. The minimum absolute atomic E-state index is 0.0806. The summed E-state index contributed by atoms with van der Waals surface area (Å²) >= 11 is 0. The van der Waals surface area contributed by atoms with Gasteiger partial charge in [-0.2, -0.15) is 0 Å². The lowest BCUT2D eigenvalue weighted by Gasteiger charge is -2.39. The van der Waals surface area contributed by atoms with Crippen molar-refractivity contribution in [2.75, 3.05) is 13.2 Å². The van der Waals surface area contributed by atoms with Gasteiger partial charge in [0, 0.05) is 25.2 Å². The molecule has 4 nitrogen and oxygen atoms in total. The molecule has 2 fully saturated rings. The van der Waals surface area contributed by atoms with Crippen LogP contribution in [0, 0.1) is 11.8 Å². The minimum atomic E-state index is -0.191. The first-order valence-corrected chi connectivity index (χ1v) is 8.32. The molecule has 1 aliphatic carbocycles. The molecule has 0 bridgehead atoms. The Balaban J connectivity index is 1.61. The molecule has 0 spiro atoms. The molecule has 3 rings (SSSR count). The molecule has 120 valence electrons. The van der Waals surface area contributed by atoms with Crippen LogP contribution in [-0.4, -0.2) is 36.4 Å². The number of nitrogens with one attached hydrogen (secondary N) is 1. The van der Waals surface area contributed by atoms with Crippen LogP contribution in [0.2, 0.25) is 0 Å². The van der Waals surface area contributed by atoms with Crippen molar-refractivity contribution in [1.29, 1.82) is 0 Å². The number of hydrogen-bond donors (Lipinski definition) is 2. The summed E-state index contributed by atoms with van der Waals surface area (Å²) in [6.07, 6.45) is 3.88. The van der Waals surface area contributed by atoms with Crippen LogP contribution in [0.5, 0.6) is 0 Å². The average Bonchev–Trinajstić information content (AvgIpc) is 2.53. The van der Waals surface area contributed by atoms with Gasteiger partial charge in [-0.25, -0.2) is 0 Å². The minimum Gasteiger partial charge on any atom is -0.393 e. The molecule has 1 amide bonds. The smallest absolute Gasteiger partial charge is 0.223 e. The largest absolute Gasteiger partial charge is 0.393 e. The second-order valence-corrected chi connectivity index (χ2v) is 6.58. The third kappa shape index (κ3) is 3.87. The van der Waals surface area contributed by atoms with Gasteiger partial charge >= 0.3 is 0 Å². The summed E-state index contributed by atoms with van der Waals surface area (Å²) in [5, 5.41) is 12.8. The maximum absolute atomic E-state index is 12.5. The van der Waals surface area contributed by atoms with Gasteiger partial charge in [-0.1, -0.05) is 30.3 Å². The number of hydrogen-bond acceptors (Lipinski definition) is 3. The fraction of sp³-hybridized carbons (Fsp3) is 0.611. The maximum Gasteiger partial charge on any atom is 0.223 e. The van der Waals surface area contributed by atoms with Crippen molar-refractivity contribution >= 4 is 5.91 Å². The first kappa shape index (κ1) is 15.5. The number of amides is 1. The van der Waals surface area contributed by atoms with Gasteiger partial charge in [0.2, 0.25) is 5.91 Å². The number of rotatable bonds is 5. The van der Waals surface area contributed by atoms with Crippen LogP contribution in [0.1, 0.15) is 31.2 Å². The highest BCUT2D eigenvalue weighted by atomic mass is 16.5. The summed E-state index contributed by atoms with van der Waals surface area (Å²) < 4.78 is 5.33. The van der Waals surface area contributed by atoms with Gasteiger partial charge in [-0.15, -0.1) is 0 Å². The number of ether oxygens (including phenoxy) is 1. The number of aliphatic hydroxyl groups is 1. The highest BCUT2D eigenvalue weighted by Gasteiger charge is 2.35. The fourth-order valence-corrected chi connectivity index (χ4v) is 3.42. The highest BCUT2D eigenvalue weighted by molar-refractivity contribution is 5.79. The quantitative estimate of drug-likeness (QED) is 0.873. The number of benzene rings is 1. The van der Waals surface area contributed by atoms with E-state index in [4.69, 9.17) is 4.74 Å². The average molecular weight is 303 g/mol. The van der Waals surface area contributed by atoms with E-state index in [0.717, 1.165) is 32.1 Å². The van der Waals surface area contributed by atoms with Crippen molar-refractivity contribution < 1.29 is 14.6 Å². The first-order valence-electron chi connectivity index (χ1n) is 8.32. The molecule has 1 heterocycles. The number of carbonyl (C=O) groups excluding carboxylic acids is 1. The van der Waals surface area contributed by atoms with Crippen LogP contribution < -0.4 is 5.32 Å². The highest BCUT2D eigenvalue weighted by Crippen LogP contribution is 2.32. The summed E-state index contributed by atoms with van der Waals surface area (Å²) in [7, 11) is 0. The molecule has 0 radical (unpaired) electrons. The zero-order valence-electron chi connectivity index (χ0n) is 12.9. The van der Waals surface area contributed by atoms with E-state index in [1.54, 1.807) is 0 Å². The van der Waals surface area contributed by atoms with Crippen LogP contribution >= 0.6 is 0 Å². The number of carbonyl (C=O) groups is 1. The van der Waals surface area contributed by atoms with E-state index in [1.807, 2.05) is 18.2 Å². The molecule has 2 N–H and O–H groups in total. The molecule has 22 heavy (non-hydrogen) atoms. The van der Waals surface area contributed by atoms with Crippen molar-refractivity contribution in [3.63, 3.8) is 0 Å². The van der Waals surface area contributed by atoms with Crippen LogP contribution in [0.15, 0.2) is 30.3 Å². The molecule has 1 aromatic carbocycles. The van der Waals surface area contributed by atoms with Gasteiger partial charge < -0.3 is 15.2 Å². The molecular formula is C18H25NO3. The molecular weight excluding hydrogens is 278 g/mol. The predicted octanol–water partition coefficient (Wildman–Crippen LogP) is 1.91. The SMILES string of the molecule is O=C(NC(Cc1ccccc1)C1CC(O)C1)C1CCOCC1. The first-order chi connectivity index (χ1) is 10.7. The Morgan fingerprint density at radius 1 is 1.23 bits per heavy atom. The lowest BCUT2D eigenvalue weighted by Crippen LogP contribution is -2.50. The van der Waals surface area contributed by atoms with E-state index in [-0.39, 0.29) is 24.0 Å². The standard InChI is InChI=1S/C18H25NO3/c20-16-11-15(12-16)17(10-13-4-2-1-3-5-13)19-18(21)14-6-8-22-9-7-14/h1-5,14-17,20H,6-12H2,(H,19,21). The Bertz CT molecular complexity index is 478. The van der Waals surface area contributed by atoms with Gasteiger partial charge in [0.05, 0.1) is 6.10 Å². The van der Waals surface area contributed by atoms with E-state index in [2.05, 4.69) is 17.4 Å². The van der Waals surface area contributed by atoms with E-state index < -0.39 is 0 Å². The zero-order valence-corrected chi connectivity index (χ0v) is 12.9. The molecule has 1 saturated carbocycles. The normalized spacial score (nSPS) is 27.0. The molecule has 0 aromatic heterocycles. The zero-order chi connectivity index (χ0) is 15.4. The maximum atomic E-state index is 12.5. The van der Waals surface area contributed by atoms with Crippen LogP contribution in [0.4, 0.5) is 0 Å². The third-order valence-corrected chi connectivity index (χ3v) is 4.94. The van der Waals surface area contributed by atoms with Crippen LogP contribution in [0.3, 0.4) is 0 Å². The molecule has 2 aliphatic rings. The number of aliphatic hydroxyl groups excluding tert-OH is 1. The summed E-state index contributed by atoms with van der Waals surface area (Å²) in [5.74, 6) is 0.627. The van der Waals surface area contributed by atoms with E-state index in [0.29, 0.717) is 19.1 Å². The molecule has 1 atom stereocenters. The van der Waals surface area contributed by atoms with Crippen LogP contribution in [0.25, 0.3) is 0 Å². The van der Waals surface area contributed by atoms with Crippen molar-refractivity contribution in [3.05, 3.63) is 35.9 Å². The Hall–Kier alpha value is -1.39. The van der Waals surface area contributed by atoms with Crippen molar-refractivity contribution in [2.24, 2.45) is 11.8 Å². The lowest BCUT2D eigenvalue weighted by atomic mass is 9.75. The molecule has 1 saturated heterocycles. The predicted molar refractivity (Wildman–Crippen MR) is 84.4 cm³/mol. The van der Waals surface area contributed by atoms with Crippen molar-refractivity contribution in [3.8, 4) is 0 Å². The molecule has 1 aliphatic heterocycles. The van der Waals surface area contributed by atoms with Gasteiger partial charge in [-0.05, 0) is 43.6 Å². The molecule has 4 heteroatoms. The van der Waals surface area contributed by atoms with Gasteiger partial charge in [0.1, 0.15) is 0 Å². The second kappa shape index (κ2) is 7.25. The van der Waals surface area contributed by atoms with E-state index in [1.165, 1.54) is 5.56 Å². The third-order valence-electron chi connectivity index (χ3n) is 4.94. The molecule has 1 unspecified atom stereocenters.